The fourth-order valence-corrected chi connectivity index (χ4v) is 5.41. The van der Waals surface area contributed by atoms with Gasteiger partial charge in [0.05, 0.1) is 10.4 Å². The maximum Gasteiger partial charge on any atom is 0.410 e. The summed E-state index contributed by atoms with van der Waals surface area (Å²) in [5, 5.41) is 15.8. The first kappa shape index (κ1) is 28.0. The summed E-state index contributed by atoms with van der Waals surface area (Å²) >= 11 is 0. The Kier molecular flexibility index (Phi) is 7.10. The van der Waals surface area contributed by atoms with Crippen LogP contribution in [-0.4, -0.2) is 44.6 Å². The quantitative estimate of drug-likeness (QED) is 0.155. The van der Waals surface area contributed by atoms with Gasteiger partial charge in [0.2, 0.25) is 0 Å². The molecule has 1 aliphatic heterocycles. The number of nitro groups is 1. The lowest BCUT2D eigenvalue weighted by atomic mass is 10.1. The maximum absolute atomic E-state index is 12.4. The maximum atomic E-state index is 12.4. The lowest BCUT2D eigenvalue weighted by Gasteiger charge is -2.25. The molecule has 4 aromatic rings. The number of nitrogens with one attached hydrogen (secondary N) is 1. The molecule has 1 aromatic heterocycles. The summed E-state index contributed by atoms with van der Waals surface area (Å²) < 4.78 is 11.4. The second kappa shape index (κ2) is 10.9. The number of likely N-dealkylation sites (tertiary alicyclic amines) is 1. The summed E-state index contributed by atoms with van der Waals surface area (Å²) in [4.78, 5) is 34.4. The van der Waals surface area contributed by atoms with E-state index in [2.05, 4.69) is 27.1 Å². The van der Waals surface area contributed by atoms with Crippen molar-refractivity contribution in [1.29, 1.82) is 0 Å². The van der Waals surface area contributed by atoms with Crippen molar-refractivity contribution in [3.05, 3.63) is 88.2 Å². The zero-order chi connectivity index (χ0) is 30.3. The van der Waals surface area contributed by atoms with Gasteiger partial charge in [0, 0.05) is 36.1 Å². The van der Waals surface area contributed by atoms with Crippen molar-refractivity contribution in [1.82, 2.24) is 14.9 Å². The molecule has 1 saturated carbocycles. The van der Waals surface area contributed by atoms with Crippen LogP contribution in [0.25, 0.3) is 10.9 Å². The number of carbonyl (C=O) groups is 1. The third-order valence-electron chi connectivity index (χ3n) is 7.58. The summed E-state index contributed by atoms with van der Waals surface area (Å²) in [7, 11) is 0. The number of amides is 1. The number of para-hydroxylation sites is 1. The van der Waals surface area contributed by atoms with Crippen LogP contribution in [0.15, 0.2) is 67.0 Å². The van der Waals surface area contributed by atoms with Gasteiger partial charge in [0.1, 0.15) is 34.8 Å². The van der Waals surface area contributed by atoms with Gasteiger partial charge in [-0.05, 0) is 81.5 Å². The lowest BCUT2D eigenvalue weighted by Crippen LogP contribution is -2.37. The molecule has 1 aliphatic carbocycles. The predicted octanol–water partition coefficient (Wildman–Crippen LogP) is 6.85. The number of nitrogens with zero attached hydrogens (tertiary/aromatic N) is 4. The molecule has 3 atom stereocenters. The average molecular weight is 578 g/mol. The molecule has 0 spiro atoms. The van der Waals surface area contributed by atoms with Gasteiger partial charge in [-0.2, -0.15) is 0 Å². The van der Waals surface area contributed by atoms with Crippen LogP contribution < -0.4 is 10.1 Å². The van der Waals surface area contributed by atoms with Crippen LogP contribution in [0.3, 0.4) is 0 Å². The van der Waals surface area contributed by atoms with Crippen LogP contribution in [0.4, 0.5) is 22.0 Å². The van der Waals surface area contributed by atoms with Crippen molar-refractivity contribution >= 4 is 34.2 Å². The highest BCUT2D eigenvalue weighted by molar-refractivity contribution is 5.93. The third-order valence-corrected chi connectivity index (χ3v) is 7.58. The fraction of sp³-hybridized carbons (Fsp3) is 0.303. The Hall–Kier alpha value is -5.17. The van der Waals surface area contributed by atoms with E-state index in [4.69, 9.17) is 9.47 Å². The SMILES string of the molecule is Cc1cc(Nc2ncnc3cc(C#CC4[C@H]5CN(C(=O)OC(C)(C)C)C[C@@H]45)c([N+](=O)[O-])cc23)ccc1Oc1ccccc1. The number of benzene rings is 3. The standard InChI is InChI=1S/C33H31N5O5/c1-20-14-22(11-13-30(20)42-23-8-6-5-7-9-23)36-31-25-16-29(38(40)41)21(15-28(25)34-19-35-31)10-12-24-26-17-37(18-27(24)26)32(39)43-33(2,3)4/h5-9,11,13-16,19,24,26-27H,17-18H2,1-4H3,(H,34,35,36)/t24?,26-,27+. The second-order valence-electron chi connectivity index (χ2n) is 11.9. The molecule has 2 fully saturated rings. The molecule has 3 aromatic carbocycles. The minimum Gasteiger partial charge on any atom is -0.457 e. The number of hydrogen-bond donors (Lipinski definition) is 1. The monoisotopic (exact) mass is 577 g/mol. The van der Waals surface area contributed by atoms with Gasteiger partial charge in [0.15, 0.2) is 0 Å². The van der Waals surface area contributed by atoms with E-state index in [1.54, 1.807) is 11.0 Å². The van der Waals surface area contributed by atoms with E-state index in [0.29, 0.717) is 35.4 Å². The van der Waals surface area contributed by atoms with Gasteiger partial charge in [-0.3, -0.25) is 10.1 Å². The molecule has 2 heterocycles. The summed E-state index contributed by atoms with van der Waals surface area (Å²) in [6.07, 6.45) is 1.11. The first-order valence-corrected chi connectivity index (χ1v) is 14.1. The minimum atomic E-state index is -0.544. The zero-order valence-electron chi connectivity index (χ0n) is 24.3. The van der Waals surface area contributed by atoms with Crippen molar-refractivity contribution < 1.29 is 19.2 Å². The van der Waals surface area contributed by atoms with E-state index in [1.165, 1.54) is 12.4 Å². The van der Waals surface area contributed by atoms with Gasteiger partial charge < -0.3 is 19.7 Å². The summed E-state index contributed by atoms with van der Waals surface area (Å²) in [6, 6.07) is 18.3. The Morgan fingerprint density at radius 1 is 1.07 bits per heavy atom. The van der Waals surface area contributed by atoms with Crippen molar-refractivity contribution in [3.8, 4) is 23.3 Å². The molecule has 1 N–H and O–H groups in total. The van der Waals surface area contributed by atoms with Crippen LogP contribution in [0, 0.1) is 46.6 Å². The molecular formula is C33H31N5O5. The normalized spacial score (nSPS) is 18.8. The third kappa shape index (κ3) is 6.06. The number of aromatic nitrogens is 2. The molecule has 2 aliphatic rings. The molecule has 43 heavy (non-hydrogen) atoms. The Labute approximate surface area is 249 Å². The smallest absolute Gasteiger partial charge is 0.410 e. The first-order valence-electron chi connectivity index (χ1n) is 14.1. The Bertz CT molecular complexity index is 1780. The molecule has 6 rings (SSSR count). The molecule has 1 unspecified atom stereocenters. The number of anilines is 2. The van der Waals surface area contributed by atoms with E-state index in [9.17, 15) is 14.9 Å². The van der Waals surface area contributed by atoms with Gasteiger partial charge in [0.25, 0.3) is 5.69 Å². The Morgan fingerprint density at radius 3 is 2.49 bits per heavy atom. The number of carbonyl (C=O) groups excluding carboxylic acids is 1. The number of nitro benzene ring substituents is 1. The average Bonchev–Trinajstić information content (AvgIpc) is 3.40. The van der Waals surface area contributed by atoms with Crippen LogP contribution in [-0.2, 0) is 4.74 Å². The highest BCUT2D eigenvalue weighted by Gasteiger charge is 2.56. The first-order chi connectivity index (χ1) is 20.6. The van der Waals surface area contributed by atoms with Crippen LogP contribution >= 0.6 is 0 Å². The predicted molar refractivity (Wildman–Crippen MR) is 162 cm³/mol. The minimum absolute atomic E-state index is 0.0914. The molecular weight excluding hydrogens is 546 g/mol. The van der Waals surface area contributed by atoms with E-state index in [1.807, 2.05) is 76.2 Å². The van der Waals surface area contributed by atoms with Crippen LogP contribution in [0.5, 0.6) is 11.5 Å². The van der Waals surface area contributed by atoms with Crippen LogP contribution in [0.1, 0.15) is 31.9 Å². The van der Waals surface area contributed by atoms with Crippen molar-refractivity contribution in [2.75, 3.05) is 18.4 Å². The fourth-order valence-electron chi connectivity index (χ4n) is 5.41. The van der Waals surface area contributed by atoms with E-state index >= 15 is 0 Å². The van der Waals surface area contributed by atoms with Gasteiger partial charge >= 0.3 is 6.09 Å². The number of piperidine rings is 1. The molecule has 10 heteroatoms. The molecule has 1 saturated heterocycles. The largest absolute Gasteiger partial charge is 0.457 e. The molecule has 218 valence electrons. The summed E-state index contributed by atoms with van der Waals surface area (Å²) in [5.41, 5.74) is 1.86. The number of aryl methyl sites for hydroxylation is 1. The molecule has 10 nitrogen and oxygen atoms in total. The van der Waals surface area contributed by atoms with Crippen LogP contribution in [0.2, 0.25) is 0 Å². The molecule has 1 amide bonds. The second-order valence-corrected chi connectivity index (χ2v) is 11.9. The number of ether oxygens (including phenoxy) is 2. The highest BCUT2D eigenvalue weighted by Crippen LogP contribution is 2.51. The topological polar surface area (TPSA) is 120 Å². The number of hydrogen-bond acceptors (Lipinski definition) is 8. The van der Waals surface area contributed by atoms with E-state index in [-0.39, 0.29) is 29.5 Å². The number of rotatable bonds is 5. The summed E-state index contributed by atoms with van der Waals surface area (Å²) in [5.74, 6) is 8.78. The Morgan fingerprint density at radius 2 is 1.81 bits per heavy atom. The molecule has 0 radical (unpaired) electrons. The van der Waals surface area contributed by atoms with Gasteiger partial charge in [-0.1, -0.05) is 30.0 Å². The van der Waals surface area contributed by atoms with Crippen molar-refractivity contribution in [2.45, 2.75) is 33.3 Å². The van der Waals surface area contributed by atoms with Gasteiger partial charge in [-0.25, -0.2) is 14.8 Å². The summed E-state index contributed by atoms with van der Waals surface area (Å²) in [6.45, 7) is 8.64. The molecule has 0 bridgehead atoms. The van der Waals surface area contributed by atoms with E-state index < -0.39 is 10.5 Å². The number of fused-ring (bicyclic) bond motifs is 2. The Balaban J connectivity index is 1.19. The van der Waals surface area contributed by atoms with E-state index in [0.717, 1.165) is 22.7 Å². The van der Waals surface area contributed by atoms with Crippen molar-refractivity contribution in [3.63, 3.8) is 0 Å². The highest BCUT2D eigenvalue weighted by atomic mass is 16.6. The zero-order valence-corrected chi connectivity index (χ0v) is 24.3. The van der Waals surface area contributed by atoms with Crippen molar-refractivity contribution in [2.24, 2.45) is 17.8 Å². The lowest BCUT2D eigenvalue weighted by molar-refractivity contribution is -0.385. The van der Waals surface area contributed by atoms with Gasteiger partial charge in [-0.15, -0.1) is 0 Å².